The Morgan fingerprint density at radius 1 is 1.18 bits per heavy atom. The Balaban J connectivity index is 1.78. The molecule has 148 valence electrons. The number of benzene rings is 2. The molecular weight excluding hydrogens is 392 g/mol. The monoisotopic (exact) mass is 409 g/mol. The largest absolute Gasteiger partial charge is 0.452 e. The summed E-state index contributed by atoms with van der Waals surface area (Å²) in [7, 11) is 0. The number of amides is 1. The van der Waals surface area contributed by atoms with Gasteiger partial charge in [0.15, 0.2) is 6.61 Å². The second-order valence-electron chi connectivity index (χ2n) is 5.73. The Hall–Kier alpha value is -2.93. The lowest BCUT2D eigenvalue weighted by Gasteiger charge is -2.14. The van der Waals surface area contributed by atoms with Gasteiger partial charge in [-0.05, 0) is 48.4 Å². The molecule has 28 heavy (non-hydrogen) atoms. The predicted molar refractivity (Wildman–Crippen MR) is 101 cm³/mol. The van der Waals surface area contributed by atoms with E-state index in [1.807, 2.05) is 6.07 Å². The maximum Gasteiger partial charge on any atom is 0.387 e. The molecule has 0 saturated heterocycles. The maximum absolute atomic E-state index is 12.1. The van der Waals surface area contributed by atoms with Crippen molar-refractivity contribution in [3.8, 4) is 5.75 Å². The topological polar surface area (TPSA) is 64.6 Å². The van der Waals surface area contributed by atoms with Crippen molar-refractivity contribution in [3.05, 3.63) is 70.8 Å². The van der Waals surface area contributed by atoms with Gasteiger partial charge in [-0.25, -0.2) is 4.79 Å². The Morgan fingerprint density at radius 2 is 1.89 bits per heavy atom. The number of hydrogen-bond acceptors (Lipinski definition) is 4. The number of halogens is 3. The van der Waals surface area contributed by atoms with Gasteiger partial charge in [0.2, 0.25) is 0 Å². The van der Waals surface area contributed by atoms with Crippen LogP contribution in [-0.4, -0.2) is 25.1 Å². The molecule has 1 N–H and O–H groups in total. The van der Waals surface area contributed by atoms with Crippen LogP contribution in [0.25, 0.3) is 6.08 Å². The van der Waals surface area contributed by atoms with Crippen LogP contribution in [0.4, 0.5) is 8.78 Å². The lowest BCUT2D eigenvalue weighted by molar-refractivity contribution is -0.144. The zero-order chi connectivity index (χ0) is 20.5. The molecule has 0 aromatic heterocycles. The average Bonchev–Trinajstić information content (AvgIpc) is 2.65. The first kappa shape index (κ1) is 21.4. The summed E-state index contributed by atoms with van der Waals surface area (Å²) < 4.78 is 33.3. The van der Waals surface area contributed by atoms with Gasteiger partial charge >= 0.3 is 12.6 Å². The first-order chi connectivity index (χ1) is 13.3. The van der Waals surface area contributed by atoms with Crippen molar-refractivity contribution < 1.29 is 27.8 Å². The summed E-state index contributed by atoms with van der Waals surface area (Å²) in [4.78, 5) is 23.6. The van der Waals surface area contributed by atoms with Crippen LogP contribution in [-0.2, 0) is 14.3 Å². The minimum atomic E-state index is -2.90. The fraction of sp³-hybridized carbons (Fsp3) is 0.200. The van der Waals surface area contributed by atoms with E-state index in [-0.39, 0.29) is 11.8 Å². The highest BCUT2D eigenvalue weighted by Crippen LogP contribution is 2.17. The van der Waals surface area contributed by atoms with E-state index in [0.717, 1.165) is 11.6 Å². The van der Waals surface area contributed by atoms with Crippen molar-refractivity contribution in [2.45, 2.75) is 19.6 Å². The van der Waals surface area contributed by atoms with Crippen molar-refractivity contribution in [1.82, 2.24) is 5.32 Å². The number of carbonyl (C=O) groups excluding carboxylic acids is 2. The van der Waals surface area contributed by atoms with Crippen LogP contribution in [0.2, 0.25) is 5.02 Å². The van der Waals surface area contributed by atoms with Gasteiger partial charge in [-0.2, -0.15) is 8.78 Å². The first-order valence-electron chi connectivity index (χ1n) is 8.28. The van der Waals surface area contributed by atoms with Gasteiger partial charge in [0, 0.05) is 11.1 Å². The zero-order valence-electron chi connectivity index (χ0n) is 14.9. The van der Waals surface area contributed by atoms with Gasteiger partial charge in [-0.15, -0.1) is 0 Å². The van der Waals surface area contributed by atoms with Crippen LogP contribution >= 0.6 is 11.6 Å². The van der Waals surface area contributed by atoms with E-state index in [0.29, 0.717) is 10.6 Å². The first-order valence-corrected chi connectivity index (χ1v) is 8.66. The predicted octanol–water partition coefficient (Wildman–Crippen LogP) is 4.38. The summed E-state index contributed by atoms with van der Waals surface area (Å²) in [5, 5.41) is 3.26. The van der Waals surface area contributed by atoms with Crippen LogP contribution in [0, 0.1) is 0 Å². The molecule has 5 nitrogen and oxygen atoms in total. The lowest BCUT2D eigenvalue weighted by Crippen LogP contribution is -2.30. The number of hydrogen-bond donors (Lipinski definition) is 1. The molecule has 0 aliphatic rings. The number of esters is 1. The van der Waals surface area contributed by atoms with Gasteiger partial charge in [-0.1, -0.05) is 35.9 Å². The second kappa shape index (κ2) is 10.4. The molecule has 0 saturated carbocycles. The number of ether oxygens (including phenoxy) is 2. The van der Waals surface area contributed by atoms with Crippen LogP contribution in [0.3, 0.4) is 0 Å². The maximum atomic E-state index is 12.1. The number of carbonyl (C=O) groups is 2. The van der Waals surface area contributed by atoms with E-state index in [2.05, 4.69) is 10.1 Å². The molecule has 0 radical (unpaired) electrons. The molecule has 1 amide bonds. The minimum absolute atomic E-state index is 0.0141. The van der Waals surface area contributed by atoms with E-state index in [4.69, 9.17) is 16.3 Å². The van der Waals surface area contributed by atoms with Gasteiger partial charge < -0.3 is 14.8 Å². The number of nitrogens with one attached hydrogen (secondary N) is 1. The van der Waals surface area contributed by atoms with Gasteiger partial charge in [0.05, 0.1) is 6.04 Å². The molecule has 2 aromatic rings. The summed E-state index contributed by atoms with van der Waals surface area (Å²) in [5.74, 6) is -1.15. The van der Waals surface area contributed by atoms with E-state index < -0.39 is 25.1 Å². The van der Waals surface area contributed by atoms with Crippen LogP contribution in [0.15, 0.2) is 54.6 Å². The molecule has 0 aliphatic heterocycles. The molecule has 8 heteroatoms. The van der Waals surface area contributed by atoms with Crippen LogP contribution < -0.4 is 10.1 Å². The molecule has 0 aliphatic carbocycles. The molecular formula is C20H18ClF2NO4. The minimum Gasteiger partial charge on any atom is -0.452 e. The Kier molecular flexibility index (Phi) is 7.95. The number of alkyl halides is 2. The zero-order valence-corrected chi connectivity index (χ0v) is 15.7. The van der Waals surface area contributed by atoms with E-state index in [1.165, 1.54) is 30.3 Å². The molecule has 0 fully saturated rings. The average molecular weight is 410 g/mol. The molecule has 0 bridgehead atoms. The Labute approximate surface area is 165 Å². The normalized spacial score (nSPS) is 12.0. The summed E-state index contributed by atoms with van der Waals surface area (Å²) in [6, 6.07) is 12.5. The van der Waals surface area contributed by atoms with E-state index >= 15 is 0 Å². The van der Waals surface area contributed by atoms with Crippen LogP contribution in [0.5, 0.6) is 5.75 Å². The van der Waals surface area contributed by atoms with Crippen LogP contribution in [0.1, 0.15) is 24.1 Å². The highest BCUT2D eigenvalue weighted by Gasteiger charge is 2.11. The fourth-order valence-electron chi connectivity index (χ4n) is 2.25. The third-order valence-electron chi connectivity index (χ3n) is 3.59. The molecule has 2 aromatic carbocycles. The smallest absolute Gasteiger partial charge is 0.387 e. The second-order valence-corrected chi connectivity index (χ2v) is 6.17. The van der Waals surface area contributed by atoms with Crippen molar-refractivity contribution in [3.63, 3.8) is 0 Å². The standard InChI is InChI=1S/C20H18ClF2NO4/c1-13(15-3-2-4-16(21)11-15)24-18(25)12-27-19(26)10-7-14-5-8-17(9-6-14)28-20(22)23/h2-11,13,20H,12H2,1H3,(H,24,25)/b10-7+/t13-/m0/s1. The van der Waals surface area contributed by atoms with Crippen molar-refractivity contribution in [2.75, 3.05) is 6.61 Å². The fourth-order valence-corrected chi connectivity index (χ4v) is 2.45. The SMILES string of the molecule is C[C@H](NC(=O)COC(=O)/C=C/c1ccc(OC(F)F)cc1)c1cccc(Cl)c1. The molecule has 0 unspecified atom stereocenters. The van der Waals surface area contributed by atoms with Gasteiger partial charge in [0.25, 0.3) is 5.91 Å². The third-order valence-corrected chi connectivity index (χ3v) is 3.82. The van der Waals surface area contributed by atoms with Crippen molar-refractivity contribution >= 4 is 29.6 Å². The highest BCUT2D eigenvalue weighted by molar-refractivity contribution is 6.30. The Bertz CT molecular complexity index is 840. The van der Waals surface area contributed by atoms with Gasteiger partial charge in [-0.3, -0.25) is 4.79 Å². The molecule has 2 rings (SSSR count). The lowest BCUT2D eigenvalue weighted by atomic mass is 10.1. The summed E-state index contributed by atoms with van der Waals surface area (Å²) in [6.45, 7) is -1.55. The van der Waals surface area contributed by atoms with Crippen molar-refractivity contribution in [2.24, 2.45) is 0 Å². The van der Waals surface area contributed by atoms with Crippen molar-refractivity contribution in [1.29, 1.82) is 0 Å². The molecule has 0 heterocycles. The Morgan fingerprint density at radius 3 is 2.54 bits per heavy atom. The summed E-state index contributed by atoms with van der Waals surface area (Å²) in [6.07, 6.45) is 2.57. The van der Waals surface area contributed by atoms with Gasteiger partial charge in [0.1, 0.15) is 5.75 Å². The van der Waals surface area contributed by atoms with E-state index in [1.54, 1.807) is 25.1 Å². The third kappa shape index (κ3) is 7.36. The van der Waals surface area contributed by atoms with E-state index in [9.17, 15) is 18.4 Å². The summed E-state index contributed by atoms with van der Waals surface area (Å²) in [5.41, 5.74) is 1.41. The quantitative estimate of drug-likeness (QED) is 0.519. The molecule has 0 spiro atoms. The molecule has 1 atom stereocenters. The number of rotatable bonds is 8. The summed E-state index contributed by atoms with van der Waals surface area (Å²) >= 11 is 5.91. The highest BCUT2D eigenvalue weighted by atomic mass is 35.5.